The molecular weight excluding hydrogens is 330 g/mol. The van der Waals surface area contributed by atoms with E-state index in [0.29, 0.717) is 6.61 Å². The van der Waals surface area contributed by atoms with Gasteiger partial charge in [-0.25, -0.2) is 0 Å². The van der Waals surface area contributed by atoms with E-state index in [-0.39, 0.29) is 0 Å². The number of nitrogens with one attached hydrogen (secondary N) is 1. The van der Waals surface area contributed by atoms with Crippen molar-refractivity contribution in [2.75, 3.05) is 19.0 Å². The first-order valence-electron chi connectivity index (χ1n) is 7.02. The third-order valence-corrected chi connectivity index (χ3v) is 4.07. The topological polar surface area (TPSA) is 30.5 Å². The van der Waals surface area contributed by atoms with Gasteiger partial charge in [0.1, 0.15) is 5.75 Å². The summed E-state index contributed by atoms with van der Waals surface area (Å²) in [6.45, 7) is 2.12. The second-order valence-electron chi connectivity index (χ2n) is 5.10. The molecule has 1 heterocycles. The van der Waals surface area contributed by atoms with Crippen LogP contribution in [0.5, 0.6) is 5.75 Å². The van der Waals surface area contributed by atoms with Crippen molar-refractivity contribution in [3.05, 3.63) is 57.6 Å². The van der Waals surface area contributed by atoms with Crippen LogP contribution < -0.4 is 10.1 Å². The molecule has 1 N–H and O–H groups in total. The summed E-state index contributed by atoms with van der Waals surface area (Å²) in [7, 11) is 1.71. The van der Waals surface area contributed by atoms with Crippen molar-refractivity contribution in [1.82, 2.24) is 0 Å². The molecule has 0 bridgehead atoms. The zero-order valence-electron chi connectivity index (χ0n) is 12.0. The number of benzene rings is 2. The van der Waals surface area contributed by atoms with Crippen LogP contribution in [0.4, 0.5) is 5.69 Å². The molecule has 0 amide bonds. The van der Waals surface area contributed by atoms with Gasteiger partial charge < -0.3 is 14.8 Å². The van der Waals surface area contributed by atoms with Crippen LogP contribution in [-0.4, -0.2) is 13.7 Å². The molecular formula is C17H18BrNO2. The van der Waals surface area contributed by atoms with Crippen LogP contribution in [0.3, 0.4) is 0 Å². The normalized spacial score (nSPS) is 12.9. The zero-order chi connectivity index (χ0) is 14.7. The van der Waals surface area contributed by atoms with Crippen molar-refractivity contribution >= 4 is 21.6 Å². The Kier molecular flexibility index (Phi) is 4.46. The smallest absolute Gasteiger partial charge is 0.127 e. The van der Waals surface area contributed by atoms with Crippen LogP contribution in [0.15, 0.2) is 40.9 Å². The summed E-state index contributed by atoms with van der Waals surface area (Å²) in [6, 6.07) is 12.5. The second-order valence-corrected chi connectivity index (χ2v) is 6.01. The molecule has 0 unspecified atom stereocenters. The van der Waals surface area contributed by atoms with Crippen molar-refractivity contribution < 1.29 is 9.47 Å². The molecule has 2 aromatic rings. The number of para-hydroxylation sites is 1. The Hall–Kier alpha value is -1.52. The summed E-state index contributed by atoms with van der Waals surface area (Å²) < 4.78 is 12.1. The number of halogens is 1. The highest BCUT2D eigenvalue weighted by molar-refractivity contribution is 9.10. The molecule has 21 heavy (non-hydrogen) atoms. The van der Waals surface area contributed by atoms with Crippen LogP contribution in [0.2, 0.25) is 0 Å². The van der Waals surface area contributed by atoms with E-state index in [1.54, 1.807) is 7.11 Å². The molecule has 4 heteroatoms. The third-order valence-electron chi connectivity index (χ3n) is 3.61. The summed E-state index contributed by atoms with van der Waals surface area (Å²) in [5.41, 5.74) is 4.73. The highest BCUT2D eigenvalue weighted by Crippen LogP contribution is 2.33. The van der Waals surface area contributed by atoms with Crippen molar-refractivity contribution in [2.45, 2.75) is 19.6 Å². The van der Waals surface area contributed by atoms with E-state index in [2.05, 4.69) is 45.5 Å². The van der Waals surface area contributed by atoms with Gasteiger partial charge in [0.2, 0.25) is 0 Å². The molecule has 1 aliphatic heterocycles. The lowest BCUT2D eigenvalue weighted by Crippen LogP contribution is -2.04. The molecule has 110 valence electrons. The van der Waals surface area contributed by atoms with Crippen LogP contribution in [-0.2, 0) is 24.3 Å². The minimum absolute atomic E-state index is 0.607. The van der Waals surface area contributed by atoms with Gasteiger partial charge in [-0.15, -0.1) is 0 Å². The number of anilines is 1. The van der Waals surface area contributed by atoms with Gasteiger partial charge in [0.25, 0.3) is 0 Å². The largest absolute Gasteiger partial charge is 0.493 e. The quantitative estimate of drug-likeness (QED) is 0.881. The average Bonchev–Trinajstić information content (AvgIpc) is 2.94. The van der Waals surface area contributed by atoms with Crippen LogP contribution >= 0.6 is 15.9 Å². The standard InChI is InChI=1S/C17H18BrNO2/c1-20-11-13-4-2-3-5-16(13)19-10-14-9-15(18)8-12-6-7-21-17(12)14/h2-5,8-9,19H,6-7,10-11H2,1H3. The summed E-state index contributed by atoms with van der Waals surface area (Å²) >= 11 is 3.58. The van der Waals surface area contributed by atoms with E-state index in [4.69, 9.17) is 9.47 Å². The average molecular weight is 348 g/mol. The van der Waals surface area contributed by atoms with Crippen molar-refractivity contribution in [3.63, 3.8) is 0 Å². The Bertz CT molecular complexity index is 643. The zero-order valence-corrected chi connectivity index (χ0v) is 13.6. The van der Waals surface area contributed by atoms with Gasteiger partial charge in [-0.1, -0.05) is 34.1 Å². The Morgan fingerprint density at radius 1 is 1.24 bits per heavy atom. The van der Waals surface area contributed by atoms with Crippen molar-refractivity contribution in [2.24, 2.45) is 0 Å². The maximum Gasteiger partial charge on any atom is 0.127 e. The van der Waals surface area contributed by atoms with Crippen molar-refractivity contribution in [3.8, 4) is 5.75 Å². The summed E-state index contributed by atoms with van der Waals surface area (Å²) in [6.07, 6.45) is 0.988. The molecule has 0 spiro atoms. The Morgan fingerprint density at radius 3 is 2.95 bits per heavy atom. The summed E-state index contributed by atoms with van der Waals surface area (Å²) in [5.74, 6) is 1.04. The van der Waals surface area contributed by atoms with Crippen LogP contribution in [0.25, 0.3) is 0 Å². The first-order chi connectivity index (χ1) is 10.3. The van der Waals surface area contributed by atoms with Crippen LogP contribution in [0.1, 0.15) is 16.7 Å². The first-order valence-corrected chi connectivity index (χ1v) is 7.82. The first kappa shape index (κ1) is 14.4. The fourth-order valence-corrected chi connectivity index (χ4v) is 3.19. The van der Waals surface area contributed by atoms with Gasteiger partial charge in [0.15, 0.2) is 0 Å². The monoisotopic (exact) mass is 347 g/mol. The maximum atomic E-state index is 5.77. The number of methoxy groups -OCH3 is 1. The summed E-state index contributed by atoms with van der Waals surface area (Å²) in [4.78, 5) is 0. The Morgan fingerprint density at radius 2 is 2.10 bits per heavy atom. The predicted octanol–water partition coefficient (Wildman–Crippen LogP) is 4.14. The lowest BCUT2D eigenvalue weighted by molar-refractivity contribution is 0.185. The Balaban J connectivity index is 1.80. The van der Waals surface area contributed by atoms with Gasteiger partial charge in [-0.3, -0.25) is 0 Å². The minimum atomic E-state index is 0.607. The highest BCUT2D eigenvalue weighted by atomic mass is 79.9. The van der Waals surface area contributed by atoms with Crippen molar-refractivity contribution in [1.29, 1.82) is 0 Å². The Labute approximate surface area is 133 Å². The van der Waals surface area contributed by atoms with Gasteiger partial charge >= 0.3 is 0 Å². The number of fused-ring (bicyclic) bond motifs is 1. The number of hydrogen-bond acceptors (Lipinski definition) is 3. The second kappa shape index (κ2) is 6.50. The number of hydrogen-bond donors (Lipinski definition) is 1. The minimum Gasteiger partial charge on any atom is -0.493 e. The van der Waals surface area contributed by atoms with E-state index >= 15 is 0 Å². The fourth-order valence-electron chi connectivity index (χ4n) is 2.64. The highest BCUT2D eigenvalue weighted by Gasteiger charge is 2.17. The van der Waals surface area contributed by atoms with E-state index in [9.17, 15) is 0 Å². The van der Waals surface area contributed by atoms with E-state index in [1.165, 1.54) is 11.1 Å². The van der Waals surface area contributed by atoms with Gasteiger partial charge in [-0.05, 0) is 23.8 Å². The van der Waals surface area contributed by atoms with E-state index in [0.717, 1.165) is 41.0 Å². The van der Waals surface area contributed by atoms with Crippen LogP contribution in [0, 0.1) is 0 Å². The maximum absolute atomic E-state index is 5.77. The molecule has 3 rings (SSSR count). The molecule has 1 aliphatic rings. The predicted molar refractivity (Wildman–Crippen MR) is 87.8 cm³/mol. The SMILES string of the molecule is COCc1ccccc1NCc1cc(Br)cc2c1OCC2. The van der Waals surface area contributed by atoms with Gasteiger partial charge in [0.05, 0.1) is 13.2 Å². The van der Waals surface area contributed by atoms with E-state index in [1.807, 2.05) is 12.1 Å². The molecule has 0 atom stereocenters. The molecule has 0 aliphatic carbocycles. The van der Waals surface area contributed by atoms with Gasteiger partial charge in [-0.2, -0.15) is 0 Å². The number of ether oxygens (including phenoxy) is 2. The molecule has 2 aromatic carbocycles. The molecule has 0 aromatic heterocycles. The fraction of sp³-hybridized carbons (Fsp3) is 0.294. The summed E-state index contributed by atoms with van der Waals surface area (Å²) in [5, 5.41) is 3.49. The lowest BCUT2D eigenvalue weighted by atomic mass is 10.1. The van der Waals surface area contributed by atoms with E-state index < -0.39 is 0 Å². The third kappa shape index (κ3) is 3.22. The lowest BCUT2D eigenvalue weighted by Gasteiger charge is -2.14. The molecule has 0 saturated carbocycles. The molecule has 0 saturated heterocycles. The molecule has 0 radical (unpaired) electrons. The number of rotatable bonds is 5. The van der Waals surface area contributed by atoms with Gasteiger partial charge in [0, 0.05) is 41.4 Å². The molecule has 3 nitrogen and oxygen atoms in total. The molecule has 0 fully saturated rings.